The van der Waals surface area contributed by atoms with Crippen molar-refractivity contribution in [1.29, 1.82) is 0 Å². The Labute approximate surface area is 150 Å². The predicted molar refractivity (Wildman–Crippen MR) is 99.0 cm³/mol. The number of thioether (sulfide) groups is 1. The normalized spacial score (nSPS) is 13.7. The van der Waals surface area contributed by atoms with Crippen LogP contribution in [-0.4, -0.2) is 42.3 Å². The number of Topliss-reactive ketones (excluding diaryl/α,β-unsaturated/α-hetero) is 1. The third kappa shape index (κ3) is 10.7. The Bertz CT molecular complexity index is 410. The van der Waals surface area contributed by atoms with Gasteiger partial charge >= 0.3 is 5.97 Å². The van der Waals surface area contributed by atoms with Gasteiger partial charge in [-0.15, -0.1) is 0 Å². The van der Waals surface area contributed by atoms with Gasteiger partial charge in [-0.3, -0.25) is 14.4 Å². The molecule has 0 rings (SSSR count). The lowest BCUT2D eigenvalue weighted by molar-refractivity contribution is -0.148. The lowest BCUT2D eigenvalue weighted by Gasteiger charge is -2.22. The number of nitrogens with one attached hydrogen (secondary N) is 1. The molecular weight excluding hydrogens is 326 g/mol. The minimum atomic E-state index is -0.485. The molecule has 0 fully saturated rings. The molecule has 0 bridgehead atoms. The number of ketones is 1. The molecule has 0 aliphatic heterocycles. The molecule has 140 valence electrons. The molecule has 0 aliphatic rings. The van der Waals surface area contributed by atoms with Gasteiger partial charge in [0.05, 0.1) is 19.1 Å². The van der Waals surface area contributed by atoms with E-state index in [4.69, 9.17) is 4.74 Å². The van der Waals surface area contributed by atoms with Gasteiger partial charge in [0.15, 0.2) is 5.78 Å². The molecular formula is C18H33NO4S. The van der Waals surface area contributed by atoms with Crippen LogP contribution < -0.4 is 5.32 Å². The molecule has 24 heavy (non-hydrogen) atoms. The standard InChI is InChI=1S/C18H33NO4S/c1-12(2)9-16(14(5)20)19-18(22)15(7-8-24-6)10-17(21)23-11-13(3)4/h12-13,15-16H,7-11H2,1-6H3,(H,19,22). The number of ether oxygens (including phenoxy) is 1. The Kier molecular flexibility index (Phi) is 11.8. The monoisotopic (exact) mass is 359 g/mol. The molecule has 2 unspecified atom stereocenters. The maximum atomic E-state index is 12.5. The summed E-state index contributed by atoms with van der Waals surface area (Å²) >= 11 is 1.63. The van der Waals surface area contributed by atoms with Gasteiger partial charge in [-0.25, -0.2) is 0 Å². The molecule has 0 saturated carbocycles. The van der Waals surface area contributed by atoms with E-state index in [1.165, 1.54) is 6.92 Å². The third-order valence-corrected chi connectivity index (χ3v) is 4.19. The first-order chi connectivity index (χ1) is 11.2. The van der Waals surface area contributed by atoms with Crippen LogP contribution in [0.2, 0.25) is 0 Å². The van der Waals surface area contributed by atoms with E-state index in [-0.39, 0.29) is 30.0 Å². The number of carbonyl (C=O) groups is 3. The van der Waals surface area contributed by atoms with Crippen molar-refractivity contribution in [2.75, 3.05) is 18.6 Å². The van der Waals surface area contributed by atoms with Gasteiger partial charge in [0.25, 0.3) is 0 Å². The summed E-state index contributed by atoms with van der Waals surface area (Å²) in [6.07, 6.45) is 3.22. The minimum Gasteiger partial charge on any atom is -0.465 e. The highest BCUT2D eigenvalue weighted by atomic mass is 32.2. The quantitative estimate of drug-likeness (QED) is 0.542. The molecule has 5 nitrogen and oxygen atoms in total. The highest BCUT2D eigenvalue weighted by Crippen LogP contribution is 2.15. The van der Waals surface area contributed by atoms with E-state index in [9.17, 15) is 14.4 Å². The zero-order valence-corrected chi connectivity index (χ0v) is 16.7. The van der Waals surface area contributed by atoms with Crippen molar-refractivity contribution in [2.45, 2.75) is 59.9 Å². The summed E-state index contributed by atoms with van der Waals surface area (Å²) < 4.78 is 5.19. The van der Waals surface area contributed by atoms with Gasteiger partial charge in [0, 0.05) is 5.92 Å². The predicted octanol–water partition coefficient (Wildman–Crippen LogP) is 3.06. The summed E-state index contributed by atoms with van der Waals surface area (Å²) in [5, 5.41) is 2.82. The van der Waals surface area contributed by atoms with E-state index in [1.54, 1.807) is 11.8 Å². The number of carbonyl (C=O) groups excluding carboxylic acids is 3. The number of amides is 1. The Morgan fingerprint density at radius 3 is 2.17 bits per heavy atom. The van der Waals surface area contributed by atoms with Crippen LogP contribution in [0.3, 0.4) is 0 Å². The zero-order valence-electron chi connectivity index (χ0n) is 15.9. The van der Waals surface area contributed by atoms with E-state index >= 15 is 0 Å². The van der Waals surface area contributed by atoms with Gasteiger partial charge in [-0.1, -0.05) is 27.7 Å². The SMILES string of the molecule is CSCCC(CC(=O)OCC(C)C)C(=O)NC(CC(C)C)C(C)=O. The van der Waals surface area contributed by atoms with E-state index in [0.29, 0.717) is 25.4 Å². The smallest absolute Gasteiger partial charge is 0.306 e. The van der Waals surface area contributed by atoms with Crippen molar-refractivity contribution in [2.24, 2.45) is 17.8 Å². The van der Waals surface area contributed by atoms with Crippen LogP contribution in [0, 0.1) is 17.8 Å². The molecule has 1 amide bonds. The molecule has 1 N–H and O–H groups in total. The second-order valence-corrected chi connectivity index (χ2v) is 8.05. The van der Waals surface area contributed by atoms with Gasteiger partial charge in [0.1, 0.15) is 0 Å². The van der Waals surface area contributed by atoms with Crippen LogP contribution in [0.15, 0.2) is 0 Å². The van der Waals surface area contributed by atoms with Crippen molar-refractivity contribution in [3.05, 3.63) is 0 Å². The molecule has 0 spiro atoms. The maximum absolute atomic E-state index is 12.5. The number of esters is 1. The van der Waals surface area contributed by atoms with E-state index in [2.05, 4.69) is 5.32 Å². The first-order valence-corrected chi connectivity index (χ1v) is 10.0. The maximum Gasteiger partial charge on any atom is 0.306 e. The fourth-order valence-electron chi connectivity index (χ4n) is 2.19. The summed E-state index contributed by atoms with van der Waals surface area (Å²) in [6.45, 7) is 9.80. The second-order valence-electron chi connectivity index (χ2n) is 7.06. The molecule has 0 radical (unpaired) electrons. The van der Waals surface area contributed by atoms with Crippen LogP contribution in [0.5, 0.6) is 0 Å². The average molecular weight is 360 g/mol. The van der Waals surface area contributed by atoms with Gasteiger partial charge < -0.3 is 10.1 Å². The molecule has 0 aliphatic carbocycles. The number of rotatable bonds is 12. The Morgan fingerprint density at radius 2 is 1.71 bits per heavy atom. The fraction of sp³-hybridized carbons (Fsp3) is 0.833. The van der Waals surface area contributed by atoms with Crippen LogP contribution in [0.25, 0.3) is 0 Å². The Hall–Kier alpha value is -1.04. The first-order valence-electron chi connectivity index (χ1n) is 8.62. The lowest BCUT2D eigenvalue weighted by atomic mass is 9.97. The van der Waals surface area contributed by atoms with Crippen LogP contribution in [-0.2, 0) is 19.1 Å². The van der Waals surface area contributed by atoms with Gasteiger partial charge in [0.2, 0.25) is 5.91 Å². The van der Waals surface area contributed by atoms with Crippen LogP contribution in [0.1, 0.15) is 53.9 Å². The molecule has 6 heteroatoms. The highest BCUT2D eigenvalue weighted by molar-refractivity contribution is 7.98. The third-order valence-electron chi connectivity index (χ3n) is 3.55. The number of hydrogen-bond donors (Lipinski definition) is 1. The van der Waals surface area contributed by atoms with Crippen LogP contribution in [0.4, 0.5) is 0 Å². The molecule has 0 heterocycles. The summed E-state index contributed by atoms with van der Waals surface area (Å²) in [6, 6.07) is -0.485. The van der Waals surface area contributed by atoms with Crippen molar-refractivity contribution in [3.8, 4) is 0 Å². The summed E-state index contributed by atoms with van der Waals surface area (Å²) in [5.41, 5.74) is 0. The summed E-state index contributed by atoms with van der Waals surface area (Å²) in [4.78, 5) is 36.2. The Balaban J connectivity index is 4.78. The minimum absolute atomic E-state index is 0.0527. The van der Waals surface area contributed by atoms with Gasteiger partial charge in [-0.2, -0.15) is 11.8 Å². The van der Waals surface area contributed by atoms with E-state index in [0.717, 1.165) is 5.75 Å². The summed E-state index contributed by atoms with van der Waals surface area (Å²) in [5.74, 6) is 0.263. The van der Waals surface area contributed by atoms with Crippen molar-refractivity contribution in [1.82, 2.24) is 5.32 Å². The average Bonchev–Trinajstić information content (AvgIpc) is 2.47. The van der Waals surface area contributed by atoms with Crippen molar-refractivity contribution in [3.63, 3.8) is 0 Å². The van der Waals surface area contributed by atoms with Crippen molar-refractivity contribution >= 4 is 29.4 Å². The second kappa shape index (κ2) is 12.3. The van der Waals surface area contributed by atoms with E-state index < -0.39 is 12.0 Å². The first kappa shape index (κ1) is 23.0. The number of hydrogen-bond acceptors (Lipinski definition) is 5. The summed E-state index contributed by atoms with van der Waals surface area (Å²) in [7, 11) is 0. The fourth-order valence-corrected chi connectivity index (χ4v) is 2.71. The highest BCUT2D eigenvalue weighted by Gasteiger charge is 2.26. The molecule has 2 atom stereocenters. The van der Waals surface area contributed by atoms with Crippen molar-refractivity contribution < 1.29 is 19.1 Å². The topological polar surface area (TPSA) is 72.5 Å². The Morgan fingerprint density at radius 1 is 1.08 bits per heavy atom. The molecule has 0 saturated heterocycles. The molecule has 0 aromatic carbocycles. The zero-order chi connectivity index (χ0) is 18.7. The van der Waals surface area contributed by atoms with Gasteiger partial charge in [-0.05, 0) is 43.6 Å². The molecule has 0 aromatic rings. The lowest BCUT2D eigenvalue weighted by Crippen LogP contribution is -2.44. The molecule has 0 aromatic heterocycles. The van der Waals surface area contributed by atoms with E-state index in [1.807, 2.05) is 34.0 Å². The van der Waals surface area contributed by atoms with Crippen LogP contribution >= 0.6 is 11.8 Å². The largest absolute Gasteiger partial charge is 0.465 e.